The van der Waals surface area contributed by atoms with Crippen molar-refractivity contribution in [3.05, 3.63) is 23.8 Å². The quantitative estimate of drug-likeness (QED) is 0.696. The van der Waals surface area contributed by atoms with E-state index in [0.29, 0.717) is 44.3 Å². The van der Waals surface area contributed by atoms with Gasteiger partial charge in [-0.15, -0.1) is 0 Å². The molecule has 0 saturated heterocycles. The number of hydrogen-bond donors (Lipinski definition) is 1. The van der Waals surface area contributed by atoms with Crippen molar-refractivity contribution >= 4 is 5.97 Å². The first-order valence-corrected chi connectivity index (χ1v) is 6.92. The first-order chi connectivity index (χ1) is 10.2. The summed E-state index contributed by atoms with van der Waals surface area (Å²) in [7, 11) is 1.64. The van der Waals surface area contributed by atoms with Gasteiger partial charge in [-0.3, -0.25) is 0 Å². The van der Waals surface area contributed by atoms with Crippen LogP contribution >= 0.6 is 0 Å². The summed E-state index contributed by atoms with van der Waals surface area (Å²) in [6.07, 6.45) is 0.391. The van der Waals surface area contributed by atoms with Crippen molar-refractivity contribution in [1.82, 2.24) is 0 Å². The minimum absolute atomic E-state index is 0.401. The van der Waals surface area contributed by atoms with Gasteiger partial charge < -0.3 is 24.1 Å². The van der Waals surface area contributed by atoms with E-state index in [1.54, 1.807) is 13.2 Å². The number of methoxy groups -OCH3 is 1. The molecule has 0 spiro atoms. The van der Waals surface area contributed by atoms with Gasteiger partial charge in [-0.1, -0.05) is 6.07 Å². The van der Waals surface area contributed by atoms with Crippen molar-refractivity contribution in [1.29, 1.82) is 0 Å². The molecule has 1 N–H and O–H groups in total. The Hall–Kier alpha value is -1.79. The van der Waals surface area contributed by atoms with Gasteiger partial charge in [0.1, 0.15) is 11.5 Å². The minimum Gasteiger partial charge on any atom is -0.493 e. The van der Waals surface area contributed by atoms with E-state index in [9.17, 15) is 4.79 Å². The summed E-state index contributed by atoms with van der Waals surface area (Å²) in [5, 5.41) is 8.94. The number of aliphatic carboxylic acids is 1. The second-order valence-corrected chi connectivity index (χ2v) is 4.73. The largest absolute Gasteiger partial charge is 0.493 e. The molecule has 0 bridgehead atoms. The maximum atomic E-state index is 10.9. The topological polar surface area (TPSA) is 74.2 Å². The van der Waals surface area contributed by atoms with Gasteiger partial charge >= 0.3 is 5.97 Å². The van der Waals surface area contributed by atoms with Gasteiger partial charge in [0, 0.05) is 32.6 Å². The Labute approximate surface area is 123 Å². The van der Waals surface area contributed by atoms with Crippen LogP contribution in [0, 0.1) is 0 Å². The number of ether oxygens (including phenoxy) is 4. The molecule has 21 heavy (non-hydrogen) atoms. The number of fused-ring (bicyclic) bond motifs is 1. The monoisotopic (exact) mass is 296 g/mol. The molecule has 6 heteroatoms. The molecule has 0 fully saturated rings. The maximum absolute atomic E-state index is 10.9. The van der Waals surface area contributed by atoms with Gasteiger partial charge in [0.25, 0.3) is 0 Å². The van der Waals surface area contributed by atoms with E-state index in [1.165, 1.54) is 0 Å². The number of carbonyl (C=O) groups is 1. The van der Waals surface area contributed by atoms with Crippen LogP contribution in [0.5, 0.6) is 11.5 Å². The van der Waals surface area contributed by atoms with Crippen molar-refractivity contribution in [2.75, 3.05) is 33.5 Å². The van der Waals surface area contributed by atoms with Crippen LogP contribution in [0.3, 0.4) is 0 Å². The molecule has 1 heterocycles. The van der Waals surface area contributed by atoms with E-state index < -0.39 is 12.1 Å². The molecule has 1 atom stereocenters. The summed E-state index contributed by atoms with van der Waals surface area (Å²) in [4.78, 5) is 10.9. The Morgan fingerprint density at radius 3 is 2.95 bits per heavy atom. The van der Waals surface area contributed by atoms with E-state index >= 15 is 0 Å². The Bertz CT molecular complexity index is 473. The fourth-order valence-corrected chi connectivity index (χ4v) is 2.03. The lowest BCUT2D eigenvalue weighted by Gasteiger charge is -2.08. The lowest BCUT2D eigenvalue weighted by Crippen LogP contribution is -2.24. The van der Waals surface area contributed by atoms with Crippen LogP contribution in [-0.4, -0.2) is 50.7 Å². The first kappa shape index (κ1) is 15.6. The average Bonchev–Trinajstić information content (AvgIpc) is 2.90. The summed E-state index contributed by atoms with van der Waals surface area (Å²) in [6.45, 7) is 2.33. The Morgan fingerprint density at radius 1 is 1.33 bits per heavy atom. The molecule has 1 aromatic carbocycles. The molecule has 1 aromatic rings. The van der Waals surface area contributed by atoms with Gasteiger partial charge in [-0.2, -0.15) is 0 Å². The Kier molecular flexibility index (Phi) is 5.83. The van der Waals surface area contributed by atoms with E-state index in [0.717, 1.165) is 12.0 Å². The van der Waals surface area contributed by atoms with Gasteiger partial charge in [-0.25, -0.2) is 4.79 Å². The van der Waals surface area contributed by atoms with Crippen molar-refractivity contribution < 1.29 is 28.8 Å². The summed E-state index contributed by atoms with van der Waals surface area (Å²) >= 11 is 0. The van der Waals surface area contributed by atoms with E-state index in [1.807, 2.05) is 12.1 Å². The van der Waals surface area contributed by atoms with Crippen LogP contribution in [-0.2, 0) is 20.7 Å². The van der Waals surface area contributed by atoms with Gasteiger partial charge in [-0.05, 0) is 11.6 Å². The smallest absolute Gasteiger partial charge is 0.345 e. The highest BCUT2D eigenvalue weighted by molar-refractivity contribution is 5.74. The molecule has 116 valence electrons. The van der Waals surface area contributed by atoms with Crippen molar-refractivity contribution in [2.45, 2.75) is 18.9 Å². The fourth-order valence-electron chi connectivity index (χ4n) is 2.03. The summed E-state index contributed by atoms with van der Waals surface area (Å²) in [6, 6.07) is 5.42. The normalized spacial score (nSPS) is 16.3. The van der Waals surface area contributed by atoms with Gasteiger partial charge in [0.2, 0.25) is 0 Å². The second kappa shape index (κ2) is 7.85. The van der Waals surface area contributed by atoms with Crippen molar-refractivity contribution in [2.24, 2.45) is 0 Å². The van der Waals surface area contributed by atoms with Crippen LogP contribution in [0.15, 0.2) is 18.2 Å². The highest BCUT2D eigenvalue weighted by Gasteiger charge is 2.28. The molecule has 1 unspecified atom stereocenters. The molecule has 6 nitrogen and oxygen atoms in total. The zero-order valence-corrected chi connectivity index (χ0v) is 12.0. The van der Waals surface area contributed by atoms with Crippen LogP contribution in [0.4, 0.5) is 0 Å². The predicted molar refractivity (Wildman–Crippen MR) is 75.0 cm³/mol. The van der Waals surface area contributed by atoms with Crippen LogP contribution in [0.25, 0.3) is 0 Å². The molecule has 0 radical (unpaired) electrons. The summed E-state index contributed by atoms with van der Waals surface area (Å²) < 4.78 is 21.2. The average molecular weight is 296 g/mol. The molecular weight excluding hydrogens is 276 g/mol. The Morgan fingerprint density at radius 2 is 2.19 bits per heavy atom. The second-order valence-electron chi connectivity index (χ2n) is 4.73. The van der Waals surface area contributed by atoms with E-state index in [-0.39, 0.29) is 0 Å². The number of hydrogen-bond acceptors (Lipinski definition) is 5. The fraction of sp³-hybridized carbons (Fsp3) is 0.533. The lowest BCUT2D eigenvalue weighted by molar-refractivity contribution is -0.144. The van der Waals surface area contributed by atoms with Crippen LogP contribution in [0.2, 0.25) is 0 Å². The summed E-state index contributed by atoms with van der Waals surface area (Å²) in [5.74, 6) is 0.329. The van der Waals surface area contributed by atoms with Crippen LogP contribution in [0.1, 0.15) is 12.0 Å². The first-order valence-electron chi connectivity index (χ1n) is 6.92. The third-order valence-electron chi connectivity index (χ3n) is 3.12. The number of carboxylic acids is 1. The molecule has 0 saturated carbocycles. The maximum Gasteiger partial charge on any atom is 0.345 e. The van der Waals surface area contributed by atoms with Crippen molar-refractivity contribution in [3.8, 4) is 11.5 Å². The number of rotatable bonds is 9. The zero-order chi connectivity index (χ0) is 15.1. The standard InChI is InChI=1S/C15H20O6/c1-18-7-8-19-5-2-6-20-12-4-3-11-9-14(15(16)17)21-13(11)10-12/h3-4,10,14H,2,5-9H2,1H3,(H,16,17). The predicted octanol–water partition coefficient (Wildman–Crippen LogP) is 1.51. The van der Waals surface area contributed by atoms with Crippen molar-refractivity contribution in [3.63, 3.8) is 0 Å². The molecule has 0 amide bonds. The van der Waals surface area contributed by atoms with Crippen LogP contribution < -0.4 is 9.47 Å². The van der Waals surface area contributed by atoms with E-state index in [2.05, 4.69) is 0 Å². The number of benzene rings is 1. The van der Waals surface area contributed by atoms with Gasteiger partial charge in [0.05, 0.1) is 19.8 Å². The highest BCUT2D eigenvalue weighted by atomic mass is 16.5. The minimum atomic E-state index is -0.943. The third kappa shape index (κ3) is 4.61. The SMILES string of the molecule is COCCOCCCOc1ccc2c(c1)OC(C(=O)O)C2. The molecule has 0 aliphatic carbocycles. The number of carboxylic acid groups (broad SMARTS) is 1. The zero-order valence-electron chi connectivity index (χ0n) is 12.0. The lowest BCUT2D eigenvalue weighted by atomic mass is 10.1. The van der Waals surface area contributed by atoms with E-state index in [4.69, 9.17) is 24.1 Å². The molecular formula is C15H20O6. The highest BCUT2D eigenvalue weighted by Crippen LogP contribution is 2.32. The third-order valence-corrected chi connectivity index (χ3v) is 3.12. The molecule has 1 aliphatic heterocycles. The summed E-state index contributed by atoms with van der Waals surface area (Å²) in [5.41, 5.74) is 0.901. The molecule has 0 aromatic heterocycles. The molecule has 2 rings (SSSR count). The van der Waals surface area contributed by atoms with Gasteiger partial charge in [0.15, 0.2) is 6.10 Å². The molecule has 1 aliphatic rings. The Balaban J connectivity index is 1.71.